The van der Waals surface area contributed by atoms with Crippen LogP contribution < -0.4 is 15.4 Å². The van der Waals surface area contributed by atoms with Crippen molar-refractivity contribution in [1.82, 2.24) is 5.32 Å². The molecule has 0 saturated carbocycles. The van der Waals surface area contributed by atoms with Gasteiger partial charge in [-0.1, -0.05) is 18.2 Å². The minimum atomic E-state index is -0.144. The molecule has 0 bridgehead atoms. The van der Waals surface area contributed by atoms with Crippen LogP contribution >= 0.6 is 0 Å². The number of nitrogens with one attached hydrogen (secondary N) is 2. The largest absolute Gasteiger partial charge is 0.496 e. The second kappa shape index (κ2) is 6.90. The lowest BCUT2D eigenvalue weighted by atomic mass is 10.1. The monoisotopic (exact) mass is 284 g/mol. The number of anilines is 1. The van der Waals surface area contributed by atoms with Gasteiger partial charge in [0, 0.05) is 17.8 Å². The Morgan fingerprint density at radius 2 is 1.86 bits per heavy atom. The Labute approximate surface area is 125 Å². The lowest BCUT2D eigenvalue weighted by Gasteiger charge is -2.09. The number of carbonyl (C=O) groups excluding carboxylic acids is 1. The van der Waals surface area contributed by atoms with Crippen molar-refractivity contribution in [2.45, 2.75) is 13.5 Å². The minimum Gasteiger partial charge on any atom is -0.496 e. The average Bonchev–Trinajstić information content (AvgIpc) is 2.50. The van der Waals surface area contributed by atoms with Crippen molar-refractivity contribution in [3.63, 3.8) is 0 Å². The number of methoxy groups -OCH3 is 1. The highest BCUT2D eigenvalue weighted by Crippen LogP contribution is 2.20. The molecule has 4 heteroatoms. The Kier molecular flexibility index (Phi) is 4.95. The number of hydrogen-bond acceptors (Lipinski definition) is 3. The third kappa shape index (κ3) is 3.83. The molecule has 0 aromatic heterocycles. The molecule has 0 aliphatic rings. The lowest BCUT2D eigenvalue weighted by Crippen LogP contribution is -2.12. The predicted octanol–water partition coefficient (Wildman–Crippen LogP) is 2.98. The van der Waals surface area contributed by atoms with Gasteiger partial charge in [-0.05, 0) is 49.4 Å². The summed E-state index contributed by atoms with van der Waals surface area (Å²) in [7, 11) is 3.50. The Hall–Kier alpha value is -2.33. The molecule has 2 N–H and O–H groups in total. The number of rotatable bonds is 5. The predicted molar refractivity (Wildman–Crippen MR) is 84.9 cm³/mol. The Morgan fingerprint density at radius 3 is 2.48 bits per heavy atom. The van der Waals surface area contributed by atoms with E-state index >= 15 is 0 Å². The molecule has 21 heavy (non-hydrogen) atoms. The van der Waals surface area contributed by atoms with E-state index in [9.17, 15) is 4.79 Å². The molecule has 2 aromatic rings. The summed E-state index contributed by atoms with van der Waals surface area (Å²) >= 11 is 0. The molecular formula is C17H20N2O2. The van der Waals surface area contributed by atoms with Crippen LogP contribution in [0.3, 0.4) is 0 Å². The summed E-state index contributed by atoms with van der Waals surface area (Å²) in [5, 5.41) is 5.97. The molecule has 0 saturated heterocycles. The number of aryl methyl sites for hydroxylation is 1. The lowest BCUT2D eigenvalue weighted by molar-refractivity contribution is 0.102. The number of carbonyl (C=O) groups is 1. The smallest absolute Gasteiger partial charge is 0.255 e. The molecule has 0 aliphatic carbocycles. The van der Waals surface area contributed by atoms with Gasteiger partial charge in [-0.25, -0.2) is 0 Å². The summed E-state index contributed by atoms with van der Waals surface area (Å²) < 4.78 is 5.24. The van der Waals surface area contributed by atoms with Crippen LogP contribution in [0.15, 0.2) is 42.5 Å². The minimum absolute atomic E-state index is 0.144. The molecule has 2 rings (SSSR count). The number of benzene rings is 2. The maximum Gasteiger partial charge on any atom is 0.255 e. The van der Waals surface area contributed by atoms with Crippen molar-refractivity contribution in [1.29, 1.82) is 0 Å². The Morgan fingerprint density at radius 1 is 1.14 bits per heavy atom. The van der Waals surface area contributed by atoms with Gasteiger partial charge in [-0.3, -0.25) is 4.79 Å². The van der Waals surface area contributed by atoms with Crippen molar-refractivity contribution in [2.75, 3.05) is 19.5 Å². The topological polar surface area (TPSA) is 50.4 Å². The SMILES string of the molecule is CNCc1ccc(NC(=O)c2ccc(C)c(OC)c2)cc1. The fourth-order valence-electron chi connectivity index (χ4n) is 2.07. The van der Waals surface area contributed by atoms with E-state index in [4.69, 9.17) is 4.74 Å². The van der Waals surface area contributed by atoms with Crippen LogP contribution in [0, 0.1) is 6.92 Å². The average molecular weight is 284 g/mol. The summed E-state index contributed by atoms with van der Waals surface area (Å²) in [5.41, 5.74) is 3.54. The second-order valence-electron chi connectivity index (χ2n) is 4.87. The first-order valence-electron chi connectivity index (χ1n) is 6.83. The van der Waals surface area contributed by atoms with Crippen LogP contribution in [0.25, 0.3) is 0 Å². The molecule has 0 heterocycles. The highest BCUT2D eigenvalue weighted by atomic mass is 16.5. The van der Waals surface area contributed by atoms with Gasteiger partial charge in [0.15, 0.2) is 0 Å². The van der Waals surface area contributed by atoms with Gasteiger partial charge in [0.25, 0.3) is 5.91 Å². The molecule has 0 fully saturated rings. The van der Waals surface area contributed by atoms with E-state index in [2.05, 4.69) is 10.6 Å². The highest BCUT2D eigenvalue weighted by Gasteiger charge is 2.08. The van der Waals surface area contributed by atoms with Crippen molar-refractivity contribution >= 4 is 11.6 Å². The zero-order valence-electron chi connectivity index (χ0n) is 12.6. The molecule has 0 atom stereocenters. The molecule has 2 aromatic carbocycles. The van der Waals surface area contributed by atoms with Gasteiger partial charge in [0.05, 0.1) is 7.11 Å². The molecular weight excluding hydrogens is 264 g/mol. The number of amides is 1. The summed E-state index contributed by atoms with van der Waals surface area (Å²) in [6.07, 6.45) is 0. The second-order valence-corrected chi connectivity index (χ2v) is 4.87. The zero-order chi connectivity index (χ0) is 15.2. The van der Waals surface area contributed by atoms with Gasteiger partial charge in [-0.15, -0.1) is 0 Å². The van der Waals surface area contributed by atoms with Gasteiger partial charge >= 0.3 is 0 Å². The third-order valence-corrected chi connectivity index (χ3v) is 3.26. The van der Waals surface area contributed by atoms with Crippen molar-refractivity contribution in [3.05, 3.63) is 59.2 Å². The van der Waals surface area contributed by atoms with Crippen molar-refractivity contribution in [3.8, 4) is 5.75 Å². The number of hydrogen-bond donors (Lipinski definition) is 2. The molecule has 110 valence electrons. The van der Waals surface area contributed by atoms with E-state index < -0.39 is 0 Å². The first-order chi connectivity index (χ1) is 10.1. The molecule has 0 spiro atoms. The highest BCUT2D eigenvalue weighted by molar-refractivity contribution is 6.04. The van der Waals surface area contributed by atoms with Crippen molar-refractivity contribution < 1.29 is 9.53 Å². The molecule has 0 unspecified atom stereocenters. The van der Waals surface area contributed by atoms with Gasteiger partial charge < -0.3 is 15.4 Å². The molecule has 4 nitrogen and oxygen atoms in total. The summed E-state index contributed by atoms with van der Waals surface area (Å²) in [4.78, 5) is 12.2. The van der Waals surface area contributed by atoms with Crippen LogP contribution in [-0.2, 0) is 6.54 Å². The van der Waals surface area contributed by atoms with E-state index in [1.165, 1.54) is 5.56 Å². The van der Waals surface area contributed by atoms with Crippen LogP contribution in [0.1, 0.15) is 21.5 Å². The fourth-order valence-corrected chi connectivity index (χ4v) is 2.07. The van der Waals surface area contributed by atoms with Crippen molar-refractivity contribution in [2.24, 2.45) is 0 Å². The zero-order valence-corrected chi connectivity index (χ0v) is 12.6. The van der Waals surface area contributed by atoms with Crippen LogP contribution in [-0.4, -0.2) is 20.1 Å². The van der Waals surface area contributed by atoms with E-state index in [0.717, 1.165) is 17.8 Å². The summed E-state index contributed by atoms with van der Waals surface area (Å²) in [6, 6.07) is 13.2. The standard InChI is InChI=1S/C17H20N2O2/c1-12-4-7-14(10-16(12)21-3)17(20)19-15-8-5-13(6-9-15)11-18-2/h4-10,18H,11H2,1-3H3,(H,19,20). The van der Waals surface area contributed by atoms with Crippen LogP contribution in [0.4, 0.5) is 5.69 Å². The summed E-state index contributed by atoms with van der Waals surface area (Å²) in [6.45, 7) is 2.75. The molecule has 0 aliphatic heterocycles. The molecule has 1 amide bonds. The van der Waals surface area contributed by atoms with E-state index in [1.807, 2.05) is 44.3 Å². The first-order valence-corrected chi connectivity index (χ1v) is 6.83. The van der Waals surface area contributed by atoms with Gasteiger partial charge in [-0.2, -0.15) is 0 Å². The maximum absolute atomic E-state index is 12.2. The van der Waals surface area contributed by atoms with E-state index in [0.29, 0.717) is 11.3 Å². The van der Waals surface area contributed by atoms with Gasteiger partial charge in [0.2, 0.25) is 0 Å². The third-order valence-electron chi connectivity index (χ3n) is 3.26. The Bertz CT molecular complexity index is 621. The maximum atomic E-state index is 12.2. The molecule has 0 radical (unpaired) electrons. The number of ether oxygens (including phenoxy) is 1. The first kappa shape index (κ1) is 15.1. The van der Waals surface area contributed by atoms with Crippen LogP contribution in [0.5, 0.6) is 5.75 Å². The summed E-state index contributed by atoms with van der Waals surface area (Å²) in [5.74, 6) is 0.571. The van der Waals surface area contributed by atoms with E-state index in [1.54, 1.807) is 19.2 Å². The fraction of sp³-hybridized carbons (Fsp3) is 0.235. The normalized spacial score (nSPS) is 10.2. The van der Waals surface area contributed by atoms with Gasteiger partial charge in [0.1, 0.15) is 5.75 Å². The Balaban J connectivity index is 2.10. The quantitative estimate of drug-likeness (QED) is 0.887. The van der Waals surface area contributed by atoms with E-state index in [-0.39, 0.29) is 5.91 Å². The van der Waals surface area contributed by atoms with Crippen LogP contribution in [0.2, 0.25) is 0 Å².